The number of carboxylic acids is 1. The molecule has 1 aliphatic carbocycles. The third-order valence-corrected chi connectivity index (χ3v) is 3.07. The molecule has 3 N–H and O–H groups in total. The first-order valence-electron chi connectivity index (χ1n) is 6.33. The molecular formula is C13H17N3O3. The van der Waals surface area contributed by atoms with Crippen molar-refractivity contribution >= 4 is 12.0 Å². The summed E-state index contributed by atoms with van der Waals surface area (Å²) in [5.74, 6) is -0.883. The van der Waals surface area contributed by atoms with Gasteiger partial charge in [0, 0.05) is 18.9 Å². The van der Waals surface area contributed by atoms with Crippen molar-refractivity contribution in [1.29, 1.82) is 0 Å². The van der Waals surface area contributed by atoms with Gasteiger partial charge in [0.05, 0.1) is 0 Å². The van der Waals surface area contributed by atoms with Crippen LogP contribution in [0.5, 0.6) is 0 Å². The Bertz CT molecular complexity index is 446. The van der Waals surface area contributed by atoms with Crippen molar-refractivity contribution in [3.8, 4) is 0 Å². The van der Waals surface area contributed by atoms with Gasteiger partial charge >= 0.3 is 12.0 Å². The topological polar surface area (TPSA) is 91.3 Å². The Morgan fingerprint density at radius 3 is 2.84 bits per heavy atom. The average molecular weight is 263 g/mol. The predicted molar refractivity (Wildman–Crippen MR) is 68.6 cm³/mol. The Kier molecular flexibility index (Phi) is 4.33. The molecule has 1 unspecified atom stereocenters. The summed E-state index contributed by atoms with van der Waals surface area (Å²) in [5, 5.41) is 14.1. The highest BCUT2D eigenvalue weighted by molar-refractivity contribution is 5.83. The van der Waals surface area contributed by atoms with Crippen LogP contribution in [0.25, 0.3) is 0 Å². The van der Waals surface area contributed by atoms with Gasteiger partial charge in [-0.05, 0) is 36.8 Å². The number of amides is 2. The number of carboxylic acid groups (broad SMARTS) is 1. The number of urea groups is 1. The first kappa shape index (κ1) is 13.3. The van der Waals surface area contributed by atoms with Crippen LogP contribution in [0, 0.1) is 5.92 Å². The van der Waals surface area contributed by atoms with Crippen LogP contribution in [0.3, 0.4) is 0 Å². The molecule has 102 valence electrons. The molecule has 2 amide bonds. The molecule has 19 heavy (non-hydrogen) atoms. The second kappa shape index (κ2) is 6.17. The third-order valence-electron chi connectivity index (χ3n) is 3.07. The fraction of sp³-hybridized carbons (Fsp3) is 0.462. The monoisotopic (exact) mass is 263 g/mol. The van der Waals surface area contributed by atoms with Gasteiger partial charge in [0.1, 0.15) is 6.04 Å². The maximum atomic E-state index is 11.6. The molecule has 0 bridgehead atoms. The van der Waals surface area contributed by atoms with Crippen LogP contribution in [-0.4, -0.2) is 34.7 Å². The number of nitrogens with one attached hydrogen (secondary N) is 2. The van der Waals surface area contributed by atoms with Gasteiger partial charge in [0.25, 0.3) is 0 Å². The van der Waals surface area contributed by atoms with Crippen molar-refractivity contribution in [3.05, 3.63) is 30.1 Å². The third kappa shape index (κ3) is 4.24. The van der Waals surface area contributed by atoms with Gasteiger partial charge in [-0.2, -0.15) is 0 Å². The number of carbonyl (C=O) groups is 2. The summed E-state index contributed by atoms with van der Waals surface area (Å²) in [4.78, 5) is 26.5. The fourth-order valence-electron chi connectivity index (χ4n) is 1.87. The number of aliphatic carboxylic acids is 1. The number of hydrogen-bond donors (Lipinski definition) is 3. The van der Waals surface area contributed by atoms with Crippen molar-refractivity contribution < 1.29 is 14.7 Å². The fourth-order valence-corrected chi connectivity index (χ4v) is 1.87. The summed E-state index contributed by atoms with van der Waals surface area (Å²) >= 11 is 0. The van der Waals surface area contributed by atoms with Crippen molar-refractivity contribution in [2.75, 3.05) is 6.54 Å². The smallest absolute Gasteiger partial charge is 0.326 e. The van der Waals surface area contributed by atoms with Crippen LogP contribution in [0.4, 0.5) is 4.79 Å². The lowest BCUT2D eigenvalue weighted by molar-refractivity contribution is -0.139. The minimum Gasteiger partial charge on any atom is -0.480 e. The zero-order chi connectivity index (χ0) is 13.7. The molecule has 1 aromatic rings. The summed E-state index contributed by atoms with van der Waals surface area (Å²) < 4.78 is 0. The van der Waals surface area contributed by atoms with Crippen LogP contribution in [-0.2, 0) is 11.2 Å². The standard InChI is InChI=1S/C13H17N3O3/c17-12(18)11(10-3-4-10)16-13(19)15-7-5-9-2-1-6-14-8-9/h1-2,6,8,10-11H,3-5,7H2,(H,17,18)(H2,15,16,19). The van der Waals surface area contributed by atoms with Crippen LogP contribution in [0.2, 0.25) is 0 Å². The minimum absolute atomic E-state index is 0.0848. The highest BCUT2D eigenvalue weighted by Crippen LogP contribution is 2.32. The van der Waals surface area contributed by atoms with Gasteiger partial charge in [-0.25, -0.2) is 9.59 Å². The van der Waals surface area contributed by atoms with E-state index in [0.717, 1.165) is 18.4 Å². The van der Waals surface area contributed by atoms with Crippen LogP contribution >= 0.6 is 0 Å². The van der Waals surface area contributed by atoms with Gasteiger partial charge < -0.3 is 15.7 Å². The van der Waals surface area contributed by atoms with E-state index >= 15 is 0 Å². The molecule has 1 heterocycles. The van der Waals surface area contributed by atoms with Crippen molar-refractivity contribution in [2.45, 2.75) is 25.3 Å². The molecule has 1 atom stereocenters. The Hall–Kier alpha value is -2.11. The van der Waals surface area contributed by atoms with Crippen molar-refractivity contribution in [2.24, 2.45) is 5.92 Å². The molecule has 1 fully saturated rings. The number of pyridine rings is 1. The summed E-state index contributed by atoms with van der Waals surface area (Å²) in [7, 11) is 0. The van der Waals surface area contributed by atoms with Gasteiger partial charge in [-0.1, -0.05) is 6.07 Å². The molecule has 1 aliphatic rings. The quantitative estimate of drug-likeness (QED) is 0.707. The molecule has 0 spiro atoms. The zero-order valence-corrected chi connectivity index (χ0v) is 10.5. The lowest BCUT2D eigenvalue weighted by Gasteiger charge is -2.14. The lowest BCUT2D eigenvalue weighted by Crippen LogP contribution is -2.47. The molecule has 0 aliphatic heterocycles. The van der Waals surface area contributed by atoms with Crippen LogP contribution in [0.15, 0.2) is 24.5 Å². The molecule has 2 rings (SSSR count). The minimum atomic E-state index is -0.968. The predicted octanol–water partition coefficient (Wildman–Crippen LogP) is 0.786. The Morgan fingerprint density at radius 1 is 1.47 bits per heavy atom. The molecule has 0 radical (unpaired) electrons. The van der Waals surface area contributed by atoms with E-state index in [1.165, 1.54) is 0 Å². The highest BCUT2D eigenvalue weighted by Gasteiger charge is 2.37. The van der Waals surface area contributed by atoms with E-state index < -0.39 is 18.0 Å². The zero-order valence-electron chi connectivity index (χ0n) is 10.5. The van der Waals surface area contributed by atoms with Crippen LogP contribution < -0.4 is 10.6 Å². The summed E-state index contributed by atoms with van der Waals surface area (Å²) in [5.41, 5.74) is 1.03. The largest absolute Gasteiger partial charge is 0.480 e. The first-order valence-corrected chi connectivity index (χ1v) is 6.33. The highest BCUT2D eigenvalue weighted by atomic mass is 16.4. The maximum absolute atomic E-state index is 11.6. The molecular weight excluding hydrogens is 246 g/mol. The Morgan fingerprint density at radius 2 is 2.26 bits per heavy atom. The molecule has 0 saturated heterocycles. The Balaban J connectivity index is 1.71. The van der Waals surface area contributed by atoms with E-state index in [0.29, 0.717) is 13.0 Å². The van der Waals surface area contributed by atoms with Gasteiger partial charge in [0.15, 0.2) is 0 Å². The SMILES string of the molecule is O=C(NCCc1cccnc1)NC(C(=O)O)C1CC1. The van der Waals surface area contributed by atoms with Crippen molar-refractivity contribution in [3.63, 3.8) is 0 Å². The lowest BCUT2D eigenvalue weighted by atomic mass is 10.2. The summed E-state index contributed by atoms with van der Waals surface area (Å²) in [6, 6.07) is 2.57. The molecule has 0 aromatic carbocycles. The van der Waals surface area contributed by atoms with Gasteiger partial charge in [-0.15, -0.1) is 0 Å². The van der Waals surface area contributed by atoms with Crippen LogP contribution in [0.1, 0.15) is 18.4 Å². The summed E-state index contributed by atoms with van der Waals surface area (Å²) in [6.45, 7) is 0.453. The molecule has 6 heteroatoms. The summed E-state index contributed by atoms with van der Waals surface area (Å²) in [6.07, 6.45) is 5.84. The Labute approximate surface area is 111 Å². The van der Waals surface area contributed by atoms with E-state index in [1.54, 1.807) is 12.4 Å². The van der Waals surface area contributed by atoms with E-state index in [1.807, 2.05) is 12.1 Å². The maximum Gasteiger partial charge on any atom is 0.326 e. The number of aromatic nitrogens is 1. The molecule has 1 saturated carbocycles. The van der Waals surface area contributed by atoms with Gasteiger partial charge in [0.2, 0.25) is 0 Å². The average Bonchev–Trinajstić information content (AvgIpc) is 3.21. The van der Waals surface area contributed by atoms with Gasteiger partial charge in [-0.3, -0.25) is 4.98 Å². The molecule has 6 nitrogen and oxygen atoms in total. The normalized spacial score (nSPS) is 15.6. The molecule has 1 aromatic heterocycles. The number of hydrogen-bond acceptors (Lipinski definition) is 3. The van der Waals surface area contributed by atoms with E-state index in [9.17, 15) is 9.59 Å². The van der Waals surface area contributed by atoms with E-state index in [4.69, 9.17) is 5.11 Å². The number of carbonyl (C=O) groups excluding carboxylic acids is 1. The second-order valence-electron chi connectivity index (χ2n) is 4.66. The van der Waals surface area contributed by atoms with Crippen molar-refractivity contribution in [1.82, 2.24) is 15.6 Å². The second-order valence-corrected chi connectivity index (χ2v) is 4.66. The van der Waals surface area contributed by atoms with E-state index in [2.05, 4.69) is 15.6 Å². The van der Waals surface area contributed by atoms with E-state index in [-0.39, 0.29) is 5.92 Å². The number of nitrogens with zero attached hydrogens (tertiary/aromatic N) is 1. The number of rotatable bonds is 6. The first-order chi connectivity index (χ1) is 9.16.